The lowest BCUT2D eigenvalue weighted by atomic mass is 10.1. The number of aromatic nitrogens is 2. The number of rotatable bonds is 2. The van der Waals surface area contributed by atoms with Gasteiger partial charge in [-0.05, 0) is 37.3 Å². The average Bonchev–Trinajstić information content (AvgIpc) is 2.94. The molecule has 0 saturated carbocycles. The molecule has 2 N–H and O–H groups in total. The van der Waals surface area contributed by atoms with Crippen LogP contribution >= 0.6 is 0 Å². The number of nitrogens with two attached hydrogens (primary N) is 1. The Labute approximate surface area is 131 Å². The number of nitrogens with zero attached hydrogens (tertiary/aromatic N) is 2. The van der Waals surface area contributed by atoms with Crippen LogP contribution in [0.25, 0.3) is 16.9 Å². The van der Waals surface area contributed by atoms with Crippen LogP contribution in [0.3, 0.4) is 0 Å². The summed E-state index contributed by atoms with van der Waals surface area (Å²) in [6.07, 6.45) is -4.50. The molecule has 6 heteroatoms. The number of alkyl halides is 3. The molecule has 0 atom stereocenters. The first-order chi connectivity index (χ1) is 10.8. The summed E-state index contributed by atoms with van der Waals surface area (Å²) in [4.78, 5) is 0. The van der Waals surface area contributed by atoms with Crippen molar-refractivity contribution in [2.75, 3.05) is 5.73 Å². The van der Waals surface area contributed by atoms with Gasteiger partial charge in [0.05, 0.1) is 11.4 Å². The van der Waals surface area contributed by atoms with Crippen molar-refractivity contribution in [2.24, 2.45) is 0 Å². The van der Waals surface area contributed by atoms with E-state index in [1.54, 1.807) is 36.4 Å². The van der Waals surface area contributed by atoms with Crippen molar-refractivity contribution in [3.8, 4) is 16.9 Å². The zero-order valence-electron chi connectivity index (χ0n) is 12.3. The van der Waals surface area contributed by atoms with Crippen molar-refractivity contribution in [1.29, 1.82) is 0 Å². The maximum atomic E-state index is 13.0. The van der Waals surface area contributed by atoms with E-state index in [4.69, 9.17) is 5.73 Å². The molecule has 118 valence electrons. The predicted molar refractivity (Wildman–Crippen MR) is 83.2 cm³/mol. The molecule has 3 rings (SSSR count). The lowest BCUT2D eigenvalue weighted by molar-refractivity contribution is -0.141. The van der Waals surface area contributed by atoms with Gasteiger partial charge in [0.15, 0.2) is 5.69 Å². The van der Waals surface area contributed by atoms with E-state index in [2.05, 4.69) is 5.10 Å². The summed E-state index contributed by atoms with van der Waals surface area (Å²) in [6.45, 7) is 1.91. The van der Waals surface area contributed by atoms with E-state index in [1.807, 2.05) is 19.1 Å². The molecule has 0 saturated heterocycles. The quantitative estimate of drug-likeness (QED) is 0.710. The van der Waals surface area contributed by atoms with Crippen LogP contribution < -0.4 is 5.73 Å². The molecule has 3 aromatic rings. The van der Waals surface area contributed by atoms with E-state index < -0.39 is 11.9 Å². The second kappa shape index (κ2) is 5.46. The Morgan fingerprint density at radius 3 is 2.13 bits per heavy atom. The highest BCUT2D eigenvalue weighted by molar-refractivity contribution is 5.65. The molecule has 0 aliphatic rings. The molecule has 0 aliphatic heterocycles. The van der Waals surface area contributed by atoms with Crippen LogP contribution in [0.15, 0.2) is 54.6 Å². The van der Waals surface area contributed by atoms with Gasteiger partial charge in [-0.3, -0.25) is 0 Å². The summed E-state index contributed by atoms with van der Waals surface area (Å²) >= 11 is 0. The Morgan fingerprint density at radius 2 is 1.57 bits per heavy atom. The van der Waals surface area contributed by atoms with Gasteiger partial charge in [0.1, 0.15) is 0 Å². The van der Waals surface area contributed by atoms with Crippen molar-refractivity contribution in [3.05, 3.63) is 65.9 Å². The van der Waals surface area contributed by atoms with Crippen LogP contribution in [0.4, 0.5) is 18.9 Å². The zero-order valence-corrected chi connectivity index (χ0v) is 12.3. The summed E-state index contributed by atoms with van der Waals surface area (Å²) in [6, 6.07) is 14.8. The number of benzene rings is 2. The van der Waals surface area contributed by atoms with Crippen LogP contribution in [0.1, 0.15) is 11.3 Å². The number of nitrogen functional groups attached to an aromatic ring is 1. The second-order valence-electron chi connectivity index (χ2n) is 5.28. The average molecular weight is 317 g/mol. The topological polar surface area (TPSA) is 43.8 Å². The molecule has 23 heavy (non-hydrogen) atoms. The number of hydrogen-bond acceptors (Lipinski definition) is 2. The standard InChI is InChI=1S/C17H14F3N3/c1-11-2-8-14(9-3-11)23-15(10-16(22-23)17(18,19)20)12-4-6-13(21)7-5-12/h2-10H,21H2,1H3. The molecule has 0 spiro atoms. The summed E-state index contributed by atoms with van der Waals surface area (Å²) in [5.74, 6) is 0. The second-order valence-corrected chi connectivity index (χ2v) is 5.28. The maximum absolute atomic E-state index is 13.0. The van der Waals surface area contributed by atoms with E-state index in [9.17, 15) is 13.2 Å². The van der Waals surface area contributed by atoms with Gasteiger partial charge in [0.25, 0.3) is 0 Å². The van der Waals surface area contributed by atoms with Crippen molar-refractivity contribution < 1.29 is 13.2 Å². The molecule has 0 aliphatic carbocycles. The molecule has 0 radical (unpaired) electrons. The van der Waals surface area contributed by atoms with Gasteiger partial charge in [0.2, 0.25) is 0 Å². The first-order valence-electron chi connectivity index (χ1n) is 6.95. The highest BCUT2D eigenvalue weighted by atomic mass is 19.4. The van der Waals surface area contributed by atoms with Gasteiger partial charge >= 0.3 is 6.18 Å². The normalized spacial score (nSPS) is 11.7. The van der Waals surface area contributed by atoms with Crippen molar-refractivity contribution >= 4 is 5.69 Å². The SMILES string of the molecule is Cc1ccc(-n2nc(C(F)(F)F)cc2-c2ccc(N)cc2)cc1. The molecular weight excluding hydrogens is 303 g/mol. The van der Waals surface area contributed by atoms with Gasteiger partial charge in [-0.25, -0.2) is 4.68 Å². The van der Waals surface area contributed by atoms with Crippen LogP contribution in [-0.2, 0) is 6.18 Å². The Kier molecular flexibility index (Phi) is 3.60. The zero-order chi connectivity index (χ0) is 16.6. The number of halogens is 3. The van der Waals surface area contributed by atoms with Crippen LogP contribution in [-0.4, -0.2) is 9.78 Å². The largest absolute Gasteiger partial charge is 0.435 e. The summed E-state index contributed by atoms with van der Waals surface area (Å²) in [5, 5.41) is 3.74. The summed E-state index contributed by atoms with van der Waals surface area (Å²) in [7, 11) is 0. The molecule has 1 aromatic heterocycles. The lowest BCUT2D eigenvalue weighted by Crippen LogP contribution is -2.07. The Balaban J connectivity index is 2.18. The van der Waals surface area contributed by atoms with Gasteiger partial charge in [-0.15, -0.1) is 0 Å². The molecule has 0 bridgehead atoms. The molecule has 1 heterocycles. The molecule has 0 fully saturated rings. The third-order valence-corrected chi connectivity index (χ3v) is 3.48. The Morgan fingerprint density at radius 1 is 0.957 bits per heavy atom. The van der Waals surface area contributed by atoms with Gasteiger partial charge in [-0.2, -0.15) is 18.3 Å². The summed E-state index contributed by atoms with van der Waals surface area (Å²) in [5.41, 5.74) is 7.83. The van der Waals surface area contributed by atoms with Gasteiger partial charge < -0.3 is 5.73 Å². The first-order valence-corrected chi connectivity index (χ1v) is 6.95. The first kappa shape index (κ1) is 15.1. The highest BCUT2D eigenvalue weighted by Crippen LogP contribution is 2.33. The van der Waals surface area contributed by atoms with E-state index in [0.29, 0.717) is 22.6 Å². The van der Waals surface area contributed by atoms with E-state index in [1.165, 1.54) is 4.68 Å². The monoisotopic (exact) mass is 317 g/mol. The number of anilines is 1. The number of hydrogen-bond donors (Lipinski definition) is 1. The van der Waals surface area contributed by atoms with Gasteiger partial charge in [-0.1, -0.05) is 29.8 Å². The van der Waals surface area contributed by atoms with Crippen molar-refractivity contribution in [1.82, 2.24) is 9.78 Å². The van der Waals surface area contributed by atoms with Crippen molar-refractivity contribution in [2.45, 2.75) is 13.1 Å². The van der Waals surface area contributed by atoms with E-state index in [0.717, 1.165) is 11.6 Å². The minimum atomic E-state index is -4.50. The smallest absolute Gasteiger partial charge is 0.399 e. The molecule has 0 amide bonds. The maximum Gasteiger partial charge on any atom is 0.435 e. The van der Waals surface area contributed by atoms with Crippen LogP contribution in [0.2, 0.25) is 0 Å². The fourth-order valence-electron chi connectivity index (χ4n) is 2.26. The fraction of sp³-hybridized carbons (Fsp3) is 0.118. The van der Waals surface area contributed by atoms with Crippen LogP contribution in [0, 0.1) is 6.92 Å². The van der Waals surface area contributed by atoms with Gasteiger partial charge in [0, 0.05) is 11.3 Å². The third-order valence-electron chi connectivity index (χ3n) is 3.48. The molecule has 0 unspecified atom stereocenters. The van der Waals surface area contributed by atoms with E-state index >= 15 is 0 Å². The molecular formula is C17H14F3N3. The Hall–Kier alpha value is -2.76. The van der Waals surface area contributed by atoms with Crippen LogP contribution in [0.5, 0.6) is 0 Å². The number of aryl methyl sites for hydroxylation is 1. The minimum Gasteiger partial charge on any atom is -0.399 e. The minimum absolute atomic E-state index is 0.362. The molecule has 3 nitrogen and oxygen atoms in total. The fourth-order valence-corrected chi connectivity index (χ4v) is 2.26. The van der Waals surface area contributed by atoms with Crippen molar-refractivity contribution in [3.63, 3.8) is 0 Å². The highest BCUT2D eigenvalue weighted by Gasteiger charge is 2.35. The third kappa shape index (κ3) is 3.06. The lowest BCUT2D eigenvalue weighted by Gasteiger charge is -2.08. The summed E-state index contributed by atoms with van der Waals surface area (Å²) < 4.78 is 40.4. The predicted octanol–water partition coefficient (Wildman–Crippen LogP) is 4.45. The Bertz CT molecular complexity index is 753. The molecule has 2 aromatic carbocycles. The van der Waals surface area contributed by atoms with E-state index in [-0.39, 0.29) is 0 Å².